The quantitative estimate of drug-likeness (QED) is 0.411. The zero-order valence-corrected chi connectivity index (χ0v) is 13.9. The van der Waals surface area contributed by atoms with Gasteiger partial charge in [0.1, 0.15) is 6.04 Å². The Morgan fingerprint density at radius 3 is 2.80 bits per heavy atom. The van der Waals surface area contributed by atoms with E-state index in [-0.39, 0.29) is 29.6 Å². The minimum Gasteiger partial charge on any atom is -0.363 e. The summed E-state index contributed by atoms with van der Waals surface area (Å²) < 4.78 is 0. The van der Waals surface area contributed by atoms with Gasteiger partial charge < -0.3 is 10.0 Å². The third-order valence-corrected chi connectivity index (χ3v) is 5.91. The Morgan fingerprint density at radius 2 is 2.08 bits per heavy atom. The maximum atomic E-state index is 12.8. The lowest BCUT2D eigenvalue weighted by Crippen LogP contribution is -2.93. The fourth-order valence-corrected chi connectivity index (χ4v) is 4.56. The van der Waals surface area contributed by atoms with Gasteiger partial charge in [-0.05, 0) is 12.8 Å². The molecule has 0 spiro atoms. The van der Waals surface area contributed by atoms with E-state index in [0.717, 1.165) is 31.2 Å². The number of likely N-dealkylation sites (tertiary alicyclic amines) is 1. The molecule has 1 aromatic carbocycles. The van der Waals surface area contributed by atoms with Crippen molar-refractivity contribution in [2.45, 2.75) is 49.9 Å². The molecule has 2 aliphatic heterocycles. The summed E-state index contributed by atoms with van der Waals surface area (Å²) in [6.07, 6.45) is 5.41. The summed E-state index contributed by atoms with van der Waals surface area (Å²) >= 11 is 0. The lowest BCUT2D eigenvalue weighted by atomic mass is 9.89. The highest BCUT2D eigenvalue weighted by molar-refractivity contribution is 5.87. The molecule has 1 aromatic rings. The molecule has 4 rings (SSSR count). The van der Waals surface area contributed by atoms with Crippen LogP contribution in [0, 0.1) is 16.0 Å². The predicted molar refractivity (Wildman–Crippen MR) is 87.9 cm³/mol. The molecule has 8 heteroatoms. The highest BCUT2D eigenvalue weighted by Gasteiger charge is 2.64. The first kappa shape index (κ1) is 16.4. The first-order valence-electron chi connectivity index (χ1n) is 8.89. The summed E-state index contributed by atoms with van der Waals surface area (Å²) in [4.78, 5) is 25.3. The summed E-state index contributed by atoms with van der Waals surface area (Å²) in [6.45, 7) is 0.483. The van der Waals surface area contributed by atoms with Gasteiger partial charge in [0.25, 0.3) is 17.3 Å². The van der Waals surface area contributed by atoms with Crippen LogP contribution in [-0.4, -0.2) is 39.1 Å². The molecule has 0 bridgehead atoms. The minimum atomic E-state index is -1.59. The number of nitrogens with two attached hydrogens (primary N) is 1. The molecule has 2 heterocycles. The summed E-state index contributed by atoms with van der Waals surface area (Å²) in [7, 11) is 0. The van der Waals surface area contributed by atoms with Crippen LogP contribution in [0.25, 0.3) is 0 Å². The zero-order chi connectivity index (χ0) is 17.6. The van der Waals surface area contributed by atoms with E-state index in [0.29, 0.717) is 6.54 Å². The number of carbonyl (C=O) groups is 1. The van der Waals surface area contributed by atoms with Gasteiger partial charge in [0, 0.05) is 30.3 Å². The van der Waals surface area contributed by atoms with E-state index in [4.69, 9.17) is 0 Å². The predicted octanol–water partition coefficient (Wildman–Crippen LogP) is 0.197. The Balaban J connectivity index is 1.60. The van der Waals surface area contributed by atoms with E-state index in [1.165, 1.54) is 18.6 Å². The number of nitro groups is 1. The molecule has 1 saturated carbocycles. The molecular weight excluding hydrogens is 324 g/mol. The number of rotatable bonds is 3. The fourth-order valence-electron chi connectivity index (χ4n) is 4.56. The van der Waals surface area contributed by atoms with E-state index < -0.39 is 10.6 Å². The van der Waals surface area contributed by atoms with Gasteiger partial charge in [0.15, 0.2) is 0 Å². The van der Waals surface area contributed by atoms with Crippen molar-refractivity contribution in [3.8, 4) is 0 Å². The van der Waals surface area contributed by atoms with Crippen molar-refractivity contribution in [2.75, 3.05) is 6.54 Å². The molecule has 134 valence electrons. The van der Waals surface area contributed by atoms with Crippen LogP contribution in [-0.2, 0) is 4.79 Å². The number of carbonyl (C=O) groups excluding carboxylic acids is 1. The first-order chi connectivity index (χ1) is 12.0. The van der Waals surface area contributed by atoms with Gasteiger partial charge in [-0.2, -0.15) is 0 Å². The molecule has 3 fully saturated rings. The summed E-state index contributed by atoms with van der Waals surface area (Å²) in [5.41, 5.74) is 3.77. The molecule has 8 nitrogen and oxygen atoms in total. The van der Waals surface area contributed by atoms with Gasteiger partial charge in [0.05, 0.1) is 10.8 Å². The van der Waals surface area contributed by atoms with Crippen LogP contribution in [0.2, 0.25) is 0 Å². The van der Waals surface area contributed by atoms with Crippen molar-refractivity contribution < 1.29 is 20.3 Å². The molecule has 25 heavy (non-hydrogen) atoms. The highest BCUT2D eigenvalue weighted by Crippen LogP contribution is 2.40. The average Bonchev–Trinajstić information content (AvgIpc) is 3.09. The van der Waals surface area contributed by atoms with Crippen LogP contribution in [0.5, 0.6) is 0 Å². The number of aliphatic hydroxyl groups is 1. The van der Waals surface area contributed by atoms with E-state index in [9.17, 15) is 20.0 Å². The van der Waals surface area contributed by atoms with Gasteiger partial charge in [-0.15, -0.1) is 5.43 Å². The monoisotopic (exact) mass is 347 g/mol. The molecule has 2 saturated heterocycles. The van der Waals surface area contributed by atoms with Gasteiger partial charge in [-0.25, -0.2) is 0 Å². The molecule has 4 N–H and O–H groups in total. The van der Waals surface area contributed by atoms with Crippen molar-refractivity contribution in [3.05, 3.63) is 39.9 Å². The van der Waals surface area contributed by atoms with E-state index in [2.05, 4.69) is 5.43 Å². The van der Waals surface area contributed by atoms with E-state index in [1.54, 1.807) is 11.5 Å². The molecule has 1 aliphatic carbocycles. The number of non-ortho nitro benzene ring substituents is 1. The Bertz CT molecular complexity index is 706. The lowest BCUT2D eigenvalue weighted by molar-refractivity contribution is -0.737. The maximum Gasteiger partial charge on any atom is 0.275 e. The highest BCUT2D eigenvalue weighted by atomic mass is 16.6. The third kappa shape index (κ3) is 2.61. The topological polar surface area (TPSA) is 112 Å². The molecule has 0 unspecified atom stereocenters. The number of nitrogens with one attached hydrogen (secondary N) is 1. The fraction of sp³-hybridized carbons (Fsp3) is 0.588. The van der Waals surface area contributed by atoms with Crippen LogP contribution in [0.3, 0.4) is 0 Å². The second kappa shape index (κ2) is 6.05. The van der Waals surface area contributed by atoms with E-state index >= 15 is 0 Å². The van der Waals surface area contributed by atoms with Crippen LogP contribution in [0.15, 0.2) is 24.3 Å². The number of nitrogens with zero attached hydrogens (tertiary/aromatic N) is 2. The SMILES string of the molecule is O=C1N(C2CCCCC2)C[C@H]2[C@@H](c3cccc([N+](=O)[O-])c3)[NH2+]N[C@@]12O. The largest absolute Gasteiger partial charge is 0.363 e. The number of amides is 1. The zero-order valence-electron chi connectivity index (χ0n) is 13.9. The van der Waals surface area contributed by atoms with Crippen LogP contribution < -0.4 is 10.9 Å². The normalized spacial score (nSPS) is 32.8. The number of hydrogen-bond donors (Lipinski definition) is 3. The van der Waals surface area contributed by atoms with Crippen LogP contribution in [0.1, 0.15) is 43.7 Å². The Kier molecular flexibility index (Phi) is 3.98. The number of nitro benzene ring substituents is 1. The molecule has 3 aliphatic rings. The molecule has 3 atom stereocenters. The van der Waals surface area contributed by atoms with E-state index in [1.807, 2.05) is 11.0 Å². The first-order valence-corrected chi connectivity index (χ1v) is 8.89. The average molecular weight is 347 g/mol. The Labute approximate surface area is 145 Å². The molecule has 0 radical (unpaired) electrons. The molecular formula is C17H23N4O4+. The standard InChI is InChI=1S/C17H22N4O4/c22-16-17(23)14(10-20(16)12-6-2-1-3-7-12)15(18-19-17)11-5-4-8-13(9-11)21(24)25/h4-5,8-9,12,14-15,18-19,23H,1-3,6-7,10H2/p+1/t14-,15+,17-/m0/s1. The van der Waals surface area contributed by atoms with Gasteiger partial charge >= 0.3 is 0 Å². The minimum absolute atomic E-state index is 0.0230. The number of fused-ring (bicyclic) bond motifs is 1. The second-order valence-electron chi connectivity index (χ2n) is 7.31. The third-order valence-electron chi connectivity index (χ3n) is 5.91. The Hall–Kier alpha value is -2.03. The number of hydrogen-bond acceptors (Lipinski definition) is 5. The number of quaternary nitrogens is 1. The number of benzene rings is 1. The maximum absolute atomic E-state index is 12.8. The lowest BCUT2D eigenvalue weighted by Gasteiger charge is -2.32. The van der Waals surface area contributed by atoms with Crippen molar-refractivity contribution >= 4 is 11.6 Å². The summed E-state index contributed by atoms with van der Waals surface area (Å²) in [5, 5.41) is 22.0. The van der Waals surface area contributed by atoms with Crippen LogP contribution >= 0.6 is 0 Å². The van der Waals surface area contributed by atoms with Gasteiger partial charge in [0.2, 0.25) is 0 Å². The summed E-state index contributed by atoms with van der Waals surface area (Å²) in [6, 6.07) is 6.41. The van der Waals surface area contributed by atoms with Gasteiger partial charge in [-0.1, -0.05) is 31.4 Å². The van der Waals surface area contributed by atoms with Crippen LogP contribution in [0.4, 0.5) is 5.69 Å². The second-order valence-corrected chi connectivity index (χ2v) is 7.31. The molecule has 1 amide bonds. The summed E-state index contributed by atoms with van der Waals surface area (Å²) in [5.74, 6) is -0.586. The van der Waals surface area contributed by atoms with Gasteiger partial charge in [-0.3, -0.25) is 20.3 Å². The molecule has 0 aromatic heterocycles. The van der Waals surface area contributed by atoms with Crippen molar-refractivity contribution in [3.63, 3.8) is 0 Å². The van der Waals surface area contributed by atoms with Crippen molar-refractivity contribution in [2.24, 2.45) is 5.92 Å². The Morgan fingerprint density at radius 1 is 1.32 bits per heavy atom. The smallest absolute Gasteiger partial charge is 0.275 e. The van der Waals surface area contributed by atoms with Crippen molar-refractivity contribution in [1.29, 1.82) is 0 Å². The van der Waals surface area contributed by atoms with Crippen molar-refractivity contribution in [1.82, 2.24) is 10.3 Å².